The van der Waals surface area contributed by atoms with Crippen LogP contribution in [0, 0.1) is 0 Å². The molecule has 0 aliphatic carbocycles. The largest absolute Gasteiger partial charge is 0.347 e. The quantitative estimate of drug-likeness (QED) is 0.592. The number of hydrogen-bond donors (Lipinski definition) is 2. The first-order valence-electron chi connectivity index (χ1n) is 6.10. The molecule has 0 radical (unpaired) electrons. The fourth-order valence-corrected chi connectivity index (χ4v) is 1.62. The lowest BCUT2D eigenvalue weighted by molar-refractivity contribution is 0.841. The summed E-state index contributed by atoms with van der Waals surface area (Å²) in [6.45, 7) is 0.670. The lowest BCUT2D eigenvalue weighted by Gasteiger charge is -2.19. The lowest BCUT2D eigenvalue weighted by Crippen LogP contribution is -2.24. The molecular weight excluding hydrogens is 256 g/mol. The number of anilines is 3. The van der Waals surface area contributed by atoms with E-state index in [1.165, 1.54) is 0 Å². The van der Waals surface area contributed by atoms with Crippen molar-refractivity contribution in [2.75, 3.05) is 36.4 Å². The average Bonchev–Trinajstić information content (AvgIpc) is 2.47. The molecule has 106 valence electrons. The Morgan fingerprint density at radius 2 is 1.70 bits per heavy atom. The van der Waals surface area contributed by atoms with Crippen LogP contribution in [0.25, 0.3) is 0 Å². The number of nitrogens with one attached hydrogen (secondary N) is 1. The second-order valence-electron chi connectivity index (χ2n) is 4.51. The normalized spacial score (nSPS) is 10.2. The zero-order valence-corrected chi connectivity index (χ0v) is 11.8. The number of hydrogen-bond acceptors (Lipinski definition) is 8. The number of nitrogens with two attached hydrogens (primary N) is 1. The number of rotatable bonds is 5. The van der Waals surface area contributed by atoms with Crippen LogP contribution in [0.5, 0.6) is 0 Å². The van der Waals surface area contributed by atoms with Crippen LogP contribution in [0.15, 0.2) is 24.5 Å². The van der Waals surface area contributed by atoms with Crippen molar-refractivity contribution < 1.29 is 0 Å². The van der Waals surface area contributed by atoms with Gasteiger partial charge in [-0.05, 0) is 17.7 Å². The van der Waals surface area contributed by atoms with Gasteiger partial charge >= 0.3 is 0 Å². The molecule has 2 aromatic heterocycles. The Balaban J connectivity index is 2.24. The van der Waals surface area contributed by atoms with E-state index in [-0.39, 0.29) is 0 Å². The molecule has 2 rings (SSSR count). The van der Waals surface area contributed by atoms with E-state index in [1.54, 1.807) is 17.3 Å². The van der Waals surface area contributed by atoms with Gasteiger partial charge in [0.05, 0.1) is 0 Å². The van der Waals surface area contributed by atoms with Crippen LogP contribution in [-0.2, 0) is 6.54 Å². The van der Waals surface area contributed by atoms with E-state index in [9.17, 15) is 0 Å². The SMILES string of the molecule is CN(C)c1nc(NN)nc(N(C)Cc2ccncc2)n1. The topological polar surface area (TPSA) is 96.1 Å². The third-order valence-electron chi connectivity index (χ3n) is 2.65. The van der Waals surface area contributed by atoms with Crippen molar-refractivity contribution in [1.82, 2.24) is 19.9 Å². The van der Waals surface area contributed by atoms with Crippen molar-refractivity contribution in [2.24, 2.45) is 5.84 Å². The predicted molar refractivity (Wildman–Crippen MR) is 78.3 cm³/mol. The summed E-state index contributed by atoms with van der Waals surface area (Å²) in [5.74, 6) is 6.82. The van der Waals surface area contributed by atoms with E-state index in [0.29, 0.717) is 24.4 Å². The molecule has 0 fully saturated rings. The predicted octanol–water partition coefficient (Wildman–Crippen LogP) is 0.255. The van der Waals surface area contributed by atoms with E-state index in [0.717, 1.165) is 5.56 Å². The Morgan fingerprint density at radius 1 is 1.05 bits per heavy atom. The number of nitrogens with zero attached hydrogens (tertiary/aromatic N) is 6. The van der Waals surface area contributed by atoms with Crippen LogP contribution in [-0.4, -0.2) is 41.1 Å². The molecule has 0 saturated carbocycles. The Hall–Kier alpha value is -2.48. The molecule has 8 heteroatoms. The summed E-state index contributed by atoms with van der Waals surface area (Å²) in [6.07, 6.45) is 3.52. The molecule has 8 nitrogen and oxygen atoms in total. The Labute approximate surface area is 117 Å². The summed E-state index contributed by atoms with van der Waals surface area (Å²) in [6, 6.07) is 3.90. The fraction of sp³-hybridized carbons (Fsp3) is 0.333. The summed E-state index contributed by atoms with van der Waals surface area (Å²) in [4.78, 5) is 20.5. The van der Waals surface area contributed by atoms with Gasteiger partial charge in [-0.3, -0.25) is 10.4 Å². The Kier molecular flexibility index (Phi) is 4.26. The van der Waals surface area contributed by atoms with E-state index in [2.05, 4.69) is 25.4 Å². The molecule has 2 heterocycles. The minimum absolute atomic E-state index is 0.334. The summed E-state index contributed by atoms with van der Waals surface area (Å²) in [5, 5.41) is 0. The molecule has 0 bridgehead atoms. The van der Waals surface area contributed by atoms with Gasteiger partial charge < -0.3 is 9.80 Å². The average molecular weight is 274 g/mol. The molecule has 0 atom stereocenters. The van der Waals surface area contributed by atoms with Crippen molar-refractivity contribution in [2.45, 2.75) is 6.54 Å². The monoisotopic (exact) mass is 274 g/mol. The maximum Gasteiger partial charge on any atom is 0.243 e. The van der Waals surface area contributed by atoms with Gasteiger partial charge in [-0.2, -0.15) is 15.0 Å². The summed E-state index contributed by atoms with van der Waals surface area (Å²) >= 11 is 0. The van der Waals surface area contributed by atoms with Crippen LogP contribution in [0.2, 0.25) is 0 Å². The first-order valence-corrected chi connectivity index (χ1v) is 6.10. The van der Waals surface area contributed by atoms with Gasteiger partial charge in [0.15, 0.2) is 0 Å². The molecule has 0 spiro atoms. The molecule has 20 heavy (non-hydrogen) atoms. The summed E-state index contributed by atoms with van der Waals surface area (Å²) in [7, 11) is 5.64. The number of pyridine rings is 1. The van der Waals surface area contributed by atoms with Crippen LogP contribution < -0.4 is 21.1 Å². The van der Waals surface area contributed by atoms with Crippen LogP contribution in [0.3, 0.4) is 0 Å². The molecule has 0 aromatic carbocycles. The van der Waals surface area contributed by atoms with Gasteiger partial charge in [0.2, 0.25) is 17.8 Å². The van der Waals surface area contributed by atoms with Crippen LogP contribution in [0.4, 0.5) is 17.8 Å². The molecule has 0 aliphatic rings. The number of aromatic nitrogens is 4. The van der Waals surface area contributed by atoms with E-state index in [4.69, 9.17) is 5.84 Å². The van der Waals surface area contributed by atoms with E-state index >= 15 is 0 Å². The second-order valence-corrected chi connectivity index (χ2v) is 4.51. The van der Waals surface area contributed by atoms with E-state index < -0.39 is 0 Å². The highest BCUT2D eigenvalue weighted by Gasteiger charge is 2.11. The van der Waals surface area contributed by atoms with Gasteiger partial charge in [0.1, 0.15) is 0 Å². The molecule has 3 N–H and O–H groups in total. The molecule has 2 aromatic rings. The third-order valence-corrected chi connectivity index (χ3v) is 2.65. The number of hydrazine groups is 1. The minimum atomic E-state index is 0.334. The fourth-order valence-electron chi connectivity index (χ4n) is 1.62. The van der Waals surface area contributed by atoms with Gasteiger partial charge in [0.25, 0.3) is 0 Å². The lowest BCUT2D eigenvalue weighted by atomic mass is 10.2. The minimum Gasteiger partial charge on any atom is -0.347 e. The number of nitrogen functional groups attached to an aromatic ring is 1. The van der Waals surface area contributed by atoms with Crippen molar-refractivity contribution in [1.29, 1.82) is 0 Å². The molecule has 0 amide bonds. The van der Waals surface area contributed by atoms with Crippen LogP contribution in [0.1, 0.15) is 5.56 Å². The Bertz CT molecular complexity index is 557. The molecule has 0 unspecified atom stereocenters. The Morgan fingerprint density at radius 3 is 2.30 bits per heavy atom. The highest BCUT2D eigenvalue weighted by molar-refractivity contribution is 5.43. The van der Waals surface area contributed by atoms with E-state index in [1.807, 2.05) is 38.2 Å². The summed E-state index contributed by atoms with van der Waals surface area (Å²) < 4.78 is 0. The van der Waals surface area contributed by atoms with Gasteiger partial charge in [0, 0.05) is 40.1 Å². The van der Waals surface area contributed by atoms with Crippen molar-refractivity contribution >= 4 is 17.8 Å². The maximum atomic E-state index is 5.39. The first-order chi connectivity index (χ1) is 9.60. The molecule has 0 aliphatic heterocycles. The van der Waals surface area contributed by atoms with Crippen molar-refractivity contribution in [3.05, 3.63) is 30.1 Å². The third kappa shape index (κ3) is 3.29. The highest BCUT2D eigenvalue weighted by Crippen LogP contribution is 2.15. The maximum absolute atomic E-state index is 5.39. The summed E-state index contributed by atoms with van der Waals surface area (Å²) in [5.41, 5.74) is 3.58. The molecule has 0 saturated heterocycles. The highest BCUT2D eigenvalue weighted by atomic mass is 15.4. The van der Waals surface area contributed by atoms with Gasteiger partial charge in [-0.15, -0.1) is 0 Å². The van der Waals surface area contributed by atoms with Gasteiger partial charge in [-0.25, -0.2) is 5.84 Å². The standard InChI is InChI=1S/C12H18N8/c1-19(2)11-15-10(18-13)16-12(17-11)20(3)8-9-4-6-14-7-5-9/h4-7H,8,13H2,1-3H3,(H,15,16,17,18). The zero-order chi connectivity index (χ0) is 14.5. The molecular formula is C12H18N8. The smallest absolute Gasteiger partial charge is 0.243 e. The van der Waals surface area contributed by atoms with Gasteiger partial charge in [-0.1, -0.05) is 0 Å². The zero-order valence-electron chi connectivity index (χ0n) is 11.8. The second kappa shape index (κ2) is 6.11. The van der Waals surface area contributed by atoms with Crippen molar-refractivity contribution in [3.8, 4) is 0 Å². The van der Waals surface area contributed by atoms with Crippen molar-refractivity contribution in [3.63, 3.8) is 0 Å². The first kappa shape index (κ1) is 13.9. The van der Waals surface area contributed by atoms with Crippen LogP contribution >= 0.6 is 0 Å².